The molecule has 1 amide bonds. The number of rotatable bonds is 7. The average Bonchev–Trinajstić information content (AvgIpc) is 2.39. The Kier molecular flexibility index (Phi) is 6.17. The molecule has 0 aliphatic rings. The Morgan fingerprint density at radius 3 is 2.59 bits per heavy atom. The lowest BCUT2D eigenvalue weighted by molar-refractivity contribution is -0.139. The monoisotopic (exact) mass is 331 g/mol. The number of hydrogen-bond donors (Lipinski definition) is 2. The van der Waals surface area contributed by atoms with Gasteiger partial charge in [0.1, 0.15) is 11.6 Å². The van der Waals surface area contributed by atoms with Crippen molar-refractivity contribution in [3.05, 3.63) is 29.0 Å². The van der Waals surface area contributed by atoms with E-state index in [-0.39, 0.29) is 29.7 Å². The minimum absolute atomic E-state index is 0.0761. The van der Waals surface area contributed by atoms with Gasteiger partial charge in [-0.15, -0.1) is 0 Å². The number of benzene rings is 1. The summed E-state index contributed by atoms with van der Waals surface area (Å²) in [6.07, 6.45) is -0.196. The summed E-state index contributed by atoms with van der Waals surface area (Å²) >= 11 is 5.61. The van der Waals surface area contributed by atoms with Crippen molar-refractivity contribution < 1.29 is 23.8 Å². The van der Waals surface area contributed by atoms with Crippen molar-refractivity contribution in [1.82, 2.24) is 5.32 Å². The SMILES string of the molecule is CC(C)C(C)(CC(=O)O)NC(=O)COc1ccc(F)c(Cl)c1. The lowest BCUT2D eigenvalue weighted by Crippen LogP contribution is -2.52. The Morgan fingerprint density at radius 1 is 1.45 bits per heavy atom. The van der Waals surface area contributed by atoms with Crippen molar-refractivity contribution in [1.29, 1.82) is 0 Å². The number of halogens is 2. The van der Waals surface area contributed by atoms with Crippen LogP contribution in [0.15, 0.2) is 18.2 Å². The average molecular weight is 332 g/mol. The van der Waals surface area contributed by atoms with E-state index in [1.807, 2.05) is 13.8 Å². The third-order valence-electron chi connectivity index (χ3n) is 3.48. The third kappa shape index (κ3) is 5.18. The normalized spacial score (nSPS) is 13.5. The Morgan fingerprint density at radius 2 is 2.09 bits per heavy atom. The van der Waals surface area contributed by atoms with Crippen LogP contribution in [0.25, 0.3) is 0 Å². The topological polar surface area (TPSA) is 75.6 Å². The molecular formula is C15H19ClFNO4. The molecule has 1 rings (SSSR count). The number of carbonyl (C=O) groups is 2. The first-order chi connectivity index (χ1) is 10.1. The van der Waals surface area contributed by atoms with Crippen molar-refractivity contribution in [2.24, 2.45) is 5.92 Å². The fourth-order valence-corrected chi connectivity index (χ4v) is 1.95. The number of ether oxygens (including phenoxy) is 1. The summed E-state index contributed by atoms with van der Waals surface area (Å²) in [5, 5.41) is 11.5. The number of aliphatic carboxylic acids is 1. The summed E-state index contributed by atoms with van der Waals surface area (Å²) in [6.45, 7) is 5.00. The quantitative estimate of drug-likeness (QED) is 0.805. The Bertz CT molecular complexity index is 564. The molecule has 5 nitrogen and oxygen atoms in total. The number of carboxylic acid groups (broad SMARTS) is 1. The van der Waals surface area contributed by atoms with E-state index in [0.29, 0.717) is 0 Å². The lowest BCUT2D eigenvalue weighted by atomic mass is 9.85. The second-order valence-electron chi connectivity index (χ2n) is 5.56. The molecule has 0 spiro atoms. The van der Waals surface area contributed by atoms with Gasteiger partial charge in [-0.05, 0) is 25.0 Å². The van der Waals surface area contributed by atoms with E-state index in [2.05, 4.69) is 5.32 Å². The molecule has 22 heavy (non-hydrogen) atoms. The van der Waals surface area contributed by atoms with Crippen molar-refractivity contribution in [2.75, 3.05) is 6.61 Å². The molecule has 1 aromatic carbocycles. The van der Waals surface area contributed by atoms with Crippen molar-refractivity contribution in [2.45, 2.75) is 32.7 Å². The van der Waals surface area contributed by atoms with Gasteiger partial charge in [0.05, 0.1) is 17.0 Å². The van der Waals surface area contributed by atoms with Gasteiger partial charge in [-0.25, -0.2) is 4.39 Å². The zero-order valence-electron chi connectivity index (χ0n) is 12.7. The van der Waals surface area contributed by atoms with Crippen molar-refractivity contribution in [3.63, 3.8) is 0 Å². The predicted octanol–water partition coefficient (Wildman–Crippen LogP) is 2.86. The van der Waals surface area contributed by atoms with Gasteiger partial charge < -0.3 is 15.2 Å². The highest BCUT2D eigenvalue weighted by Gasteiger charge is 2.32. The van der Waals surface area contributed by atoms with E-state index in [4.69, 9.17) is 21.4 Å². The fourth-order valence-electron chi connectivity index (χ4n) is 1.78. The summed E-state index contributed by atoms with van der Waals surface area (Å²) < 4.78 is 18.2. The first-order valence-electron chi connectivity index (χ1n) is 6.74. The second-order valence-corrected chi connectivity index (χ2v) is 5.96. The minimum atomic E-state index is -0.997. The van der Waals surface area contributed by atoms with E-state index in [9.17, 15) is 14.0 Å². The van der Waals surface area contributed by atoms with Gasteiger partial charge >= 0.3 is 5.97 Å². The molecule has 0 saturated carbocycles. The number of carboxylic acids is 1. The Balaban J connectivity index is 2.64. The third-order valence-corrected chi connectivity index (χ3v) is 3.77. The summed E-state index contributed by atoms with van der Waals surface area (Å²) in [6, 6.07) is 3.76. The summed E-state index contributed by atoms with van der Waals surface area (Å²) in [7, 11) is 0. The van der Waals surface area contributed by atoms with Crippen LogP contribution < -0.4 is 10.1 Å². The first-order valence-corrected chi connectivity index (χ1v) is 7.12. The molecule has 0 heterocycles. The zero-order chi connectivity index (χ0) is 16.9. The van der Waals surface area contributed by atoms with Crippen LogP contribution in [0.2, 0.25) is 5.02 Å². The maximum Gasteiger partial charge on any atom is 0.305 e. The van der Waals surface area contributed by atoms with Crippen LogP contribution in [0.5, 0.6) is 5.75 Å². The number of hydrogen-bond acceptors (Lipinski definition) is 3. The van der Waals surface area contributed by atoms with Gasteiger partial charge in [0.2, 0.25) is 0 Å². The van der Waals surface area contributed by atoms with Gasteiger partial charge in [-0.1, -0.05) is 25.4 Å². The lowest BCUT2D eigenvalue weighted by Gasteiger charge is -2.33. The zero-order valence-corrected chi connectivity index (χ0v) is 13.4. The smallest absolute Gasteiger partial charge is 0.305 e. The molecule has 0 aliphatic carbocycles. The molecule has 1 unspecified atom stereocenters. The molecular weight excluding hydrogens is 313 g/mol. The molecule has 122 valence electrons. The maximum absolute atomic E-state index is 13.0. The van der Waals surface area contributed by atoms with Crippen LogP contribution in [0.3, 0.4) is 0 Å². The molecule has 0 saturated heterocycles. The van der Waals surface area contributed by atoms with Crippen molar-refractivity contribution >= 4 is 23.5 Å². The molecule has 2 N–H and O–H groups in total. The molecule has 0 fully saturated rings. The number of nitrogens with one attached hydrogen (secondary N) is 1. The van der Waals surface area contributed by atoms with Gasteiger partial charge in [0.25, 0.3) is 5.91 Å². The fraction of sp³-hybridized carbons (Fsp3) is 0.467. The van der Waals surface area contributed by atoms with Gasteiger partial charge in [0, 0.05) is 6.07 Å². The van der Waals surface area contributed by atoms with Gasteiger partial charge in [-0.3, -0.25) is 9.59 Å². The van der Waals surface area contributed by atoms with Crippen LogP contribution in [0, 0.1) is 11.7 Å². The van der Waals surface area contributed by atoms with Gasteiger partial charge in [-0.2, -0.15) is 0 Å². The molecule has 1 atom stereocenters. The van der Waals surface area contributed by atoms with Crippen LogP contribution in [-0.2, 0) is 9.59 Å². The summed E-state index contributed by atoms with van der Waals surface area (Å²) in [5.41, 5.74) is -0.882. The number of amides is 1. The maximum atomic E-state index is 13.0. The molecule has 7 heteroatoms. The molecule has 0 radical (unpaired) electrons. The second kappa shape index (κ2) is 7.45. The van der Waals surface area contributed by atoms with Crippen LogP contribution >= 0.6 is 11.6 Å². The largest absolute Gasteiger partial charge is 0.484 e. The van der Waals surface area contributed by atoms with E-state index in [1.165, 1.54) is 12.1 Å². The van der Waals surface area contributed by atoms with Crippen LogP contribution in [-0.4, -0.2) is 29.1 Å². The highest BCUT2D eigenvalue weighted by molar-refractivity contribution is 6.30. The number of carbonyl (C=O) groups excluding carboxylic acids is 1. The van der Waals surface area contributed by atoms with Crippen molar-refractivity contribution in [3.8, 4) is 5.75 Å². The summed E-state index contributed by atoms with van der Waals surface area (Å²) in [4.78, 5) is 22.9. The molecule has 0 aromatic heterocycles. The summed E-state index contributed by atoms with van der Waals surface area (Å²) in [5.74, 6) is -1.85. The van der Waals surface area contributed by atoms with Crippen LogP contribution in [0.4, 0.5) is 4.39 Å². The highest BCUT2D eigenvalue weighted by Crippen LogP contribution is 2.22. The highest BCUT2D eigenvalue weighted by atomic mass is 35.5. The van der Waals surface area contributed by atoms with Crippen LogP contribution in [0.1, 0.15) is 27.2 Å². The Labute approximate surface area is 133 Å². The first kappa shape index (κ1) is 18.2. The van der Waals surface area contributed by atoms with E-state index in [0.717, 1.165) is 6.07 Å². The molecule has 1 aromatic rings. The predicted molar refractivity (Wildman–Crippen MR) is 80.5 cm³/mol. The standard InChI is InChI=1S/C15H19ClFNO4/c1-9(2)15(3,7-14(20)21)18-13(19)8-22-10-4-5-12(17)11(16)6-10/h4-6,9H,7-8H2,1-3H3,(H,18,19)(H,20,21). The molecule has 0 bridgehead atoms. The van der Waals surface area contributed by atoms with E-state index < -0.39 is 23.2 Å². The van der Waals surface area contributed by atoms with Gasteiger partial charge in [0.15, 0.2) is 6.61 Å². The Hall–Kier alpha value is -1.82. The van der Waals surface area contributed by atoms with E-state index >= 15 is 0 Å². The minimum Gasteiger partial charge on any atom is -0.484 e. The molecule has 0 aliphatic heterocycles. The van der Waals surface area contributed by atoms with E-state index in [1.54, 1.807) is 6.92 Å².